The Balaban J connectivity index is 2.71. The van der Waals surface area contributed by atoms with Gasteiger partial charge in [-0.25, -0.2) is 4.79 Å². The van der Waals surface area contributed by atoms with Crippen LogP contribution in [0.25, 0.3) is 0 Å². The van der Waals surface area contributed by atoms with Crippen molar-refractivity contribution in [2.24, 2.45) is 5.73 Å². The summed E-state index contributed by atoms with van der Waals surface area (Å²) in [6, 6.07) is 9.27. The van der Waals surface area contributed by atoms with Crippen LogP contribution in [0, 0.1) is 0 Å². The van der Waals surface area contributed by atoms with Gasteiger partial charge in [0.15, 0.2) is 0 Å². The molecule has 118 valence electrons. The van der Waals surface area contributed by atoms with E-state index < -0.39 is 23.8 Å². The Morgan fingerprint density at radius 3 is 2.48 bits per heavy atom. The molecule has 1 amide bonds. The Hall–Kier alpha value is -1.59. The number of ether oxygens (including phenoxy) is 1. The van der Waals surface area contributed by atoms with E-state index in [0.717, 1.165) is 5.56 Å². The van der Waals surface area contributed by atoms with Gasteiger partial charge in [0.05, 0.1) is 12.1 Å². The number of aliphatic hydroxyl groups is 1. The highest BCUT2D eigenvalue weighted by atomic mass is 16.6. The lowest BCUT2D eigenvalue weighted by Gasteiger charge is -2.26. The maximum atomic E-state index is 11.9. The van der Waals surface area contributed by atoms with E-state index in [1.54, 1.807) is 20.8 Å². The molecule has 0 aliphatic rings. The van der Waals surface area contributed by atoms with Crippen LogP contribution < -0.4 is 11.1 Å². The summed E-state index contributed by atoms with van der Waals surface area (Å²) in [4.78, 5) is 11.9. The second-order valence-corrected chi connectivity index (χ2v) is 6.09. The molecule has 0 fully saturated rings. The molecule has 2 unspecified atom stereocenters. The number of aliphatic hydroxyl groups excluding tert-OH is 1. The summed E-state index contributed by atoms with van der Waals surface area (Å²) in [5.41, 5.74) is 5.96. The fourth-order valence-electron chi connectivity index (χ4n) is 1.98. The second-order valence-electron chi connectivity index (χ2n) is 6.09. The Morgan fingerprint density at radius 2 is 1.95 bits per heavy atom. The molecule has 0 heterocycles. The SMILES string of the molecule is CC(C)(C)OC(=O)NC(Cc1ccccc1)C(O)CCN. The summed E-state index contributed by atoms with van der Waals surface area (Å²) >= 11 is 0. The van der Waals surface area contributed by atoms with E-state index in [1.807, 2.05) is 30.3 Å². The molecular weight excluding hydrogens is 268 g/mol. The van der Waals surface area contributed by atoms with Gasteiger partial charge in [0.2, 0.25) is 0 Å². The summed E-state index contributed by atoms with van der Waals surface area (Å²) in [6.45, 7) is 5.77. The van der Waals surface area contributed by atoms with Crippen LogP contribution >= 0.6 is 0 Å². The monoisotopic (exact) mass is 294 g/mol. The third kappa shape index (κ3) is 7.11. The molecular formula is C16H26N2O3. The van der Waals surface area contributed by atoms with Crippen molar-refractivity contribution in [2.45, 2.75) is 51.4 Å². The van der Waals surface area contributed by atoms with Gasteiger partial charge in [-0.3, -0.25) is 0 Å². The highest BCUT2D eigenvalue weighted by Crippen LogP contribution is 2.11. The minimum absolute atomic E-state index is 0.364. The number of benzene rings is 1. The number of alkyl carbamates (subject to hydrolysis) is 1. The van der Waals surface area contributed by atoms with Crippen molar-refractivity contribution in [3.05, 3.63) is 35.9 Å². The van der Waals surface area contributed by atoms with Crippen LogP contribution in [-0.4, -0.2) is 35.5 Å². The minimum atomic E-state index is -0.706. The zero-order valence-corrected chi connectivity index (χ0v) is 13.0. The minimum Gasteiger partial charge on any atom is -0.444 e. The lowest BCUT2D eigenvalue weighted by Crippen LogP contribution is -2.47. The number of amides is 1. The van der Waals surface area contributed by atoms with Gasteiger partial charge < -0.3 is 20.9 Å². The average molecular weight is 294 g/mol. The van der Waals surface area contributed by atoms with Crippen LogP contribution in [0.1, 0.15) is 32.8 Å². The standard InChI is InChI=1S/C16H26N2O3/c1-16(2,3)21-15(20)18-13(14(19)9-10-17)11-12-7-5-4-6-8-12/h4-8,13-14,19H,9-11,17H2,1-3H3,(H,18,20). The smallest absolute Gasteiger partial charge is 0.407 e. The van der Waals surface area contributed by atoms with Crippen LogP contribution in [0.15, 0.2) is 30.3 Å². The van der Waals surface area contributed by atoms with Crippen molar-refractivity contribution in [1.29, 1.82) is 0 Å². The zero-order chi connectivity index (χ0) is 15.9. The van der Waals surface area contributed by atoms with Crippen molar-refractivity contribution in [3.63, 3.8) is 0 Å². The number of nitrogens with one attached hydrogen (secondary N) is 1. The van der Waals surface area contributed by atoms with Crippen molar-refractivity contribution in [3.8, 4) is 0 Å². The first-order chi connectivity index (χ1) is 9.81. The molecule has 5 nitrogen and oxygen atoms in total. The molecule has 5 heteroatoms. The van der Waals surface area contributed by atoms with Crippen LogP contribution in [0.3, 0.4) is 0 Å². The van der Waals surface area contributed by atoms with Gasteiger partial charge in [-0.15, -0.1) is 0 Å². The van der Waals surface area contributed by atoms with Crippen LogP contribution in [-0.2, 0) is 11.2 Å². The maximum Gasteiger partial charge on any atom is 0.407 e. The Labute approximate surface area is 126 Å². The van der Waals surface area contributed by atoms with Crippen LogP contribution in [0.5, 0.6) is 0 Å². The van der Waals surface area contributed by atoms with Crippen molar-refractivity contribution >= 4 is 6.09 Å². The summed E-state index contributed by atoms with van der Waals surface area (Å²) in [6.07, 6.45) is -0.281. The first-order valence-corrected chi connectivity index (χ1v) is 7.23. The maximum absolute atomic E-state index is 11.9. The molecule has 0 saturated carbocycles. The van der Waals surface area contributed by atoms with E-state index in [-0.39, 0.29) is 0 Å². The van der Waals surface area contributed by atoms with Crippen LogP contribution in [0.2, 0.25) is 0 Å². The third-order valence-electron chi connectivity index (χ3n) is 2.93. The van der Waals surface area contributed by atoms with E-state index in [1.165, 1.54) is 0 Å². The lowest BCUT2D eigenvalue weighted by atomic mass is 9.99. The molecule has 2 atom stereocenters. The van der Waals surface area contributed by atoms with Gasteiger partial charge in [0, 0.05) is 0 Å². The molecule has 21 heavy (non-hydrogen) atoms. The molecule has 0 aromatic heterocycles. The number of hydrogen-bond acceptors (Lipinski definition) is 4. The quantitative estimate of drug-likeness (QED) is 0.747. The molecule has 0 aliphatic carbocycles. The normalized spacial score (nSPS) is 14.3. The Morgan fingerprint density at radius 1 is 1.33 bits per heavy atom. The van der Waals surface area contributed by atoms with Gasteiger partial charge in [-0.1, -0.05) is 30.3 Å². The summed E-state index contributed by atoms with van der Waals surface area (Å²) < 4.78 is 5.24. The topological polar surface area (TPSA) is 84.6 Å². The van der Waals surface area contributed by atoms with E-state index in [0.29, 0.717) is 19.4 Å². The molecule has 0 bridgehead atoms. The second kappa shape index (κ2) is 8.00. The average Bonchev–Trinajstić information content (AvgIpc) is 2.37. The fourth-order valence-corrected chi connectivity index (χ4v) is 1.98. The first-order valence-electron chi connectivity index (χ1n) is 7.23. The van der Waals surface area contributed by atoms with Gasteiger partial charge in [0.25, 0.3) is 0 Å². The van der Waals surface area contributed by atoms with Crippen molar-refractivity contribution < 1.29 is 14.6 Å². The summed E-state index contributed by atoms with van der Waals surface area (Å²) in [7, 11) is 0. The van der Waals surface area contributed by atoms with Gasteiger partial charge in [0.1, 0.15) is 5.60 Å². The van der Waals surface area contributed by atoms with E-state index >= 15 is 0 Å². The number of hydrogen-bond donors (Lipinski definition) is 3. The summed E-state index contributed by atoms with van der Waals surface area (Å²) in [5.74, 6) is 0. The van der Waals surface area contributed by atoms with Crippen LogP contribution in [0.4, 0.5) is 4.79 Å². The lowest BCUT2D eigenvalue weighted by molar-refractivity contribution is 0.0416. The highest BCUT2D eigenvalue weighted by Gasteiger charge is 2.24. The molecule has 4 N–H and O–H groups in total. The highest BCUT2D eigenvalue weighted by molar-refractivity contribution is 5.68. The molecule has 0 aliphatic heterocycles. The number of carbonyl (C=O) groups is 1. The number of nitrogens with two attached hydrogens (primary N) is 1. The van der Waals surface area contributed by atoms with Gasteiger partial charge >= 0.3 is 6.09 Å². The van der Waals surface area contributed by atoms with E-state index in [4.69, 9.17) is 10.5 Å². The molecule has 1 aromatic rings. The zero-order valence-electron chi connectivity index (χ0n) is 13.0. The molecule has 0 saturated heterocycles. The van der Waals surface area contributed by atoms with Crippen molar-refractivity contribution in [2.75, 3.05) is 6.54 Å². The first kappa shape index (κ1) is 17.5. The van der Waals surface area contributed by atoms with E-state index in [9.17, 15) is 9.90 Å². The summed E-state index contributed by atoms with van der Waals surface area (Å²) in [5, 5.41) is 12.9. The third-order valence-corrected chi connectivity index (χ3v) is 2.93. The Bertz CT molecular complexity index is 429. The van der Waals surface area contributed by atoms with Crippen molar-refractivity contribution in [1.82, 2.24) is 5.32 Å². The molecule has 1 aromatic carbocycles. The largest absolute Gasteiger partial charge is 0.444 e. The molecule has 0 spiro atoms. The number of rotatable bonds is 6. The Kier molecular flexibility index (Phi) is 6.65. The predicted octanol–water partition coefficient (Wildman–Crippen LogP) is 1.83. The van der Waals surface area contributed by atoms with Gasteiger partial charge in [-0.05, 0) is 45.7 Å². The fraction of sp³-hybridized carbons (Fsp3) is 0.562. The molecule has 0 radical (unpaired) electrons. The van der Waals surface area contributed by atoms with Gasteiger partial charge in [-0.2, -0.15) is 0 Å². The number of carbonyl (C=O) groups excluding carboxylic acids is 1. The van der Waals surface area contributed by atoms with E-state index in [2.05, 4.69) is 5.32 Å². The predicted molar refractivity (Wildman–Crippen MR) is 83.0 cm³/mol. The molecule has 1 rings (SSSR count).